The summed E-state index contributed by atoms with van der Waals surface area (Å²) >= 11 is 3.10. The number of aromatic nitrogens is 1. The van der Waals surface area contributed by atoms with E-state index in [1.807, 2.05) is 22.9 Å². The van der Waals surface area contributed by atoms with E-state index in [-0.39, 0.29) is 24.9 Å². The zero-order valence-electron chi connectivity index (χ0n) is 11.8. The Labute approximate surface area is 130 Å². The molecule has 0 aromatic carbocycles. The normalized spacial score (nSPS) is 10.8. The maximum atomic E-state index is 12.2. The standard InChI is InChI=1S/C14H16N2O3S2/c1-9(2)16(7-13(18)19)12(17)6-10-8-21-14(15-10)11-4-3-5-20-11/h3-5,8-9H,6-7H2,1-2H3,(H,18,19). The number of hydrogen-bond donors (Lipinski definition) is 1. The lowest BCUT2D eigenvalue weighted by Gasteiger charge is -2.24. The van der Waals surface area contributed by atoms with Gasteiger partial charge in [0.2, 0.25) is 5.91 Å². The first kappa shape index (κ1) is 15.7. The first-order valence-electron chi connectivity index (χ1n) is 6.47. The number of aliphatic carboxylic acids is 1. The minimum absolute atomic E-state index is 0.132. The Morgan fingerprint density at radius 3 is 2.71 bits per heavy atom. The fraction of sp³-hybridized carbons (Fsp3) is 0.357. The lowest BCUT2D eigenvalue weighted by atomic mass is 10.2. The molecule has 0 spiro atoms. The highest BCUT2D eigenvalue weighted by Crippen LogP contribution is 2.28. The van der Waals surface area contributed by atoms with Crippen LogP contribution in [0.2, 0.25) is 0 Å². The van der Waals surface area contributed by atoms with Crippen LogP contribution in [-0.2, 0) is 16.0 Å². The van der Waals surface area contributed by atoms with Crippen LogP contribution in [0.3, 0.4) is 0 Å². The average Bonchev–Trinajstić information content (AvgIpc) is 3.05. The number of rotatable bonds is 6. The third-order valence-corrected chi connectivity index (χ3v) is 4.80. The lowest BCUT2D eigenvalue weighted by molar-refractivity contribution is -0.145. The van der Waals surface area contributed by atoms with Gasteiger partial charge < -0.3 is 10.0 Å². The van der Waals surface area contributed by atoms with E-state index < -0.39 is 5.97 Å². The van der Waals surface area contributed by atoms with Crippen molar-refractivity contribution >= 4 is 34.6 Å². The SMILES string of the molecule is CC(C)N(CC(=O)O)C(=O)Cc1csc(-c2cccs2)n1. The first-order chi connectivity index (χ1) is 9.97. The predicted octanol–water partition coefficient (Wildman–Crippen LogP) is 2.74. The van der Waals surface area contributed by atoms with Crippen LogP contribution in [0.4, 0.5) is 0 Å². The zero-order valence-corrected chi connectivity index (χ0v) is 13.4. The molecular formula is C14H16N2O3S2. The molecule has 0 bridgehead atoms. The van der Waals surface area contributed by atoms with Crippen LogP contribution in [0.5, 0.6) is 0 Å². The summed E-state index contributed by atoms with van der Waals surface area (Å²) in [7, 11) is 0. The molecule has 21 heavy (non-hydrogen) atoms. The third-order valence-electron chi connectivity index (χ3n) is 2.87. The number of thiophene rings is 1. The number of carboxylic acid groups (broad SMARTS) is 1. The lowest BCUT2D eigenvalue weighted by Crippen LogP contribution is -2.41. The summed E-state index contributed by atoms with van der Waals surface area (Å²) in [5.74, 6) is -1.22. The number of thiazole rings is 1. The van der Waals surface area contributed by atoms with Crippen LogP contribution < -0.4 is 0 Å². The maximum Gasteiger partial charge on any atom is 0.323 e. The minimum atomic E-state index is -1.00. The molecule has 0 radical (unpaired) electrons. The second-order valence-corrected chi connectivity index (χ2v) is 6.61. The van der Waals surface area contributed by atoms with E-state index in [1.165, 1.54) is 16.2 Å². The number of carbonyl (C=O) groups excluding carboxylic acids is 1. The van der Waals surface area contributed by atoms with E-state index in [0.29, 0.717) is 5.69 Å². The van der Waals surface area contributed by atoms with Crippen LogP contribution in [0.25, 0.3) is 9.88 Å². The van der Waals surface area contributed by atoms with Gasteiger partial charge in [0.15, 0.2) is 0 Å². The summed E-state index contributed by atoms with van der Waals surface area (Å²) < 4.78 is 0. The quantitative estimate of drug-likeness (QED) is 0.887. The molecule has 0 aliphatic carbocycles. The van der Waals surface area contributed by atoms with Gasteiger partial charge in [-0.25, -0.2) is 4.98 Å². The van der Waals surface area contributed by atoms with E-state index in [1.54, 1.807) is 25.2 Å². The zero-order chi connectivity index (χ0) is 15.4. The second-order valence-electron chi connectivity index (χ2n) is 4.81. The van der Waals surface area contributed by atoms with Gasteiger partial charge in [-0.2, -0.15) is 0 Å². The van der Waals surface area contributed by atoms with Crippen LogP contribution in [0, 0.1) is 0 Å². The van der Waals surface area contributed by atoms with Crippen LogP contribution in [0.15, 0.2) is 22.9 Å². The largest absolute Gasteiger partial charge is 0.480 e. The summed E-state index contributed by atoms with van der Waals surface area (Å²) in [5.41, 5.74) is 0.685. The molecule has 0 atom stereocenters. The molecule has 0 saturated carbocycles. The molecule has 7 heteroatoms. The van der Waals surface area contributed by atoms with Gasteiger partial charge in [-0.05, 0) is 25.3 Å². The summed E-state index contributed by atoms with van der Waals surface area (Å²) in [6, 6.07) is 3.79. The van der Waals surface area contributed by atoms with Gasteiger partial charge >= 0.3 is 5.97 Å². The predicted molar refractivity (Wildman–Crippen MR) is 83.6 cm³/mol. The number of carboxylic acids is 1. The van der Waals surface area contributed by atoms with Crippen LogP contribution in [-0.4, -0.2) is 39.5 Å². The summed E-state index contributed by atoms with van der Waals surface area (Å²) in [6.07, 6.45) is 0.132. The topological polar surface area (TPSA) is 70.5 Å². The van der Waals surface area contributed by atoms with Crippen molar-refractivity contribution in [3.8, 4) is 9.88 Å². The van der Waals surface area contributed by atoms with Crippen molar-refractivity contribution in [3.05, 3.63) is 28.6 Å². The van der Waals surface area contributed by atoms with E-state index in [0.717, 1.165) is 9.88 Å². The maximum absolute atomic E-state index is 12.2. The smallest absolute Gasteiger partial charge is 0.323 e. The Hall–Kier alpha value is -1.73. The van der Waals surface area contributed by atoms with Gasteiger partial charge in [0, 0.05) is 11.4 Å². The number of nitrogens with zero attached hydrogens (tertiary/aromatic N) is 2. The van der Waals surface area contributed by atoms with E-state index in [4.69, 9.17) is 5.11 Å². The molecule has 1 N–H and O–H groups in total. The van der Waals surface area contributed by atoms with E-state index >= 15 is 0 Å². The van der Waals surface area contributed by atoms with Gasteiger partial charge in [-0.1, -0.05) is 6.07 Å². The Bertz CT molecular complexity index is 620. The molecule has 5 nitrogen and oxygen atoms in total. The molecule has 2 aromatic rings. The number of hydrogen-bond acceptors (Lipinski definition) is 5. The van der Waals surface area contributed by atoms with Gasteiger partial charge in [0.05, 0.1) is 17.0 Å². The van der Waals surface area contributed by atoms with Crippen molar-refractivity contribution in [2.75, 3.05) is 6.54 Å². The van der Waals surface area contributed by atoms with Gasteiger partial charge in [-0.3, -0.25) is 9.59 Å². The molecule has 0 aliphatic rings. The fourth-order valence-corrected chi connectivity index (χ4v) is 3.50. The van der Waals surface area contributed by atoms with Crippen molar-refractivity contribution in [1.82, 2.24) is 9.88 Å². The molecular weight excluding hydrogens is 308 g/mol. The van der Waals surface area contributed by atoms with E-state index in [9.17, 15) is 9.59 Å². The Kier molecular flexibility index (Phi) is 5.08. The summed E-state index contributed by atoms with van der Waals surface area (Å²) in [6.45, 7) is 3.33. The molecule has 2 rings (SSSR count). The highest BCUT2D eigenvalue weighted by atomic mass is 32.1. The van der Waals surface area contributed by atoms with Gasteiger partial charge in [0.25, 0.3) is 0 Å². The van der Waals surface area contributed by atoms with Crippen molar-refractivity contribution in [3.63, 3.8) is 0 Å². The Morgan fingerprint density at radius 2 is 2.14 bits per heavy atom. The second kappa shape index (κ2) is 6.82. The van der Waals surface area contributed by atoms with Crippen LogP contribution >= 0.6 is 22.7 Å². The molecule has 0 aliphatic heterocycles. The fourth-order valence-electron chi connectivity index (χ4n) is 1.86. The molecule has 2 heterocycles. The monoisotopic (exact) mass is 324 g/mol. The highest BCUT2D eigenvalue weighted by Gasteiger charge is 2.21. The van der Waals surface area contributed by atoms with Gasteiger partial charge in [-0.15, -0.1) is 22.7 Å². The molecule has 0 unspecified atom stereocenters. The highest BCUT2D eigenvalue weighted by molar-refractivity contribution is 7.20. The molecule has 0 fully saturated rings. The van der Waals surface area contributed by atoms with Crippen LogP contribution in [0.1, 0.15) is 19.5 Å². The Morgan fingerprint density at radius 1 is 1.38 bits per heavy atom. The van der Waals surface area contributed by atoms with Crippen molar-refractivity contribution < 1.29 is 14.7 Å². The molecule has 0 saturated heterocycles. The minimum Gasteiger partial charge on any atom is -0.480 e. The van der Waals surface area contributed by atoms with Crippen molar-refractivity contribution in [2.24, 2.45) is 0 Å². The number of amides is 1. The molecule has 2 aromatic heterocycles. The van der Waals surface area contributed by atoms with Crippen molar-refractivity contribution in [1.29, 1.82) is 0 Å². The van der Waals surface area contributed by atoms with Crippen molar-refractivity contribution in [2.45, 2.75) is 26.3 Å². The summed E-state index contributed by atoms with van der Waals surface area (Å²) in [5, 5.41) is 13.6. The number of carbonyl (C=O) groups is 2. The Balaban J connectivity index is 2.06. The first-order valence-corrected chi connectivity index (χ1v) is 8.23. The van der Waals surface area contributed by atoms with E-state index in [2.05, 4.69) is 4.98 Å². The summed E-state index contributed by atoms with van der Waals surface area (Å²) in [4.78, 5) is 29.9. The average molecular weight is 324 g/mol. The third kappa shape index (κ3) is 4.12. The van der Waals surface area contributed by atoms with Gasteiger partial charge in [0.1, 0.15) is 11.6 Å². The molecule has 1 amide bonds. The molecule has 112 valence electrons.